The molecule has 0 radical (unpaired) electrons. The lowest BCUT2D eigenvalue weighted by Gasteiger charge is -2.06. The molecule has 2 rings (SSSR count). The molecular formula is C11H10ClFN2. The van der Waals surface area contributed by atoms with Crippen LogP contribution in [0.2, 0.25) is 5.28 Å². The van der Waals surface area contributed by atoms with Crippen LogP contribution in [-0.2, 0) is 0 Å². The lowest BCUT2D eigenvalue weighted by atomic mass is 10.3. The average molecular weight is 225 g/mol. The molecule has 0 aliphatic carbocycles. The van der Waals surface area contributed by atoms with E-state index in [1.165, 1.54) is 12.1 Å². The van der Waals surface area contributed by atoms with Crippen molar-refractivity contribution >= 4 is 11.6 Å². The van der Waals surface area contributed by atoms with Gasteiger partial charge in [-0.2, -0.15) is 0 Å². The minimum Gasteiger partial charge on any atom is -0.287 e. The Morgan fingerprint density at radius 3 is 2.60 bits per heavy atom. The van der Waals surface area contributed by atoms with Gasteiger partial charge in [-0.15, -0.1) is 0 Å². The fourth-order valence-corrected chi connectivity index (χ4v) is 1.84. The second kappa shape index (κ2) is 3.66. The summed E-state index contributed by atoms with van der Waals surface area (Å²) in [4.78, 5) is 4.12. The molecule has 2 aromatic rings. The van der Waals surface area contributed by atoms with E-state index < -0.39 is 0 Å². The zero-order chi connectivity index (χ0) is 11.0. The number of rotatable bonds is 1. The summed E-state index contributed by atoms with van der Waals surface area (Å²) in [5.41, 5.74) is 2.47. The van der Waals surface area contributed by atoms with Gasteiger partial charge in [0.25, 0.3) is 0 Å². The summed E-state index contributed by atoms with van der Waals surface area (Å²) in [5, 5.41) is 0.357. The van der Waals surface area contributed by atoms with Crippen molar-refractivity contribution in [2.75, 3.05) is 0 Å². The van der Waals surface area contributed by atoms with Crippen LogP contribution in [0.15, 0.2) is 24.3 Å². The van der Waals surface area contributed by atoms with Gasteiger partial charge in [-0.05, 0) is 43.6 Å². The number of benzene rings is 1. The van der Waals surface area contributed by atoms with Crippen LogP contribution in [0.4, 0.5) is 4.39 Å². The van der Waals surface area contributed by atoms with Gasteiger partial charge in [0.1, 0.15) is 5.82 Å². The third-order valence-corrected chi connectivity index (χ3v) is 2.62. The van der Waals surface area contributed by atoms with Crippen LogP contribution >= 0.6 is 11.6 Å². The smallest absolute Gasteiger partial charge is 0.207 e. The second-order valence-corrected chi connectivity index (χ2v) is 3.70. The Morgan fingerprint density at radius 1 is 1.33 bits per heavy atom. The predicted molar refractivity (Wildman–Crippen MR) is 58.0 cm³/mol. The SMILES string of the molecule is Cc1nc(Cl)n(-c2cccc(F)c2)c1C. The van der Waals surface area contributed by atoms with Gasteiger partial charge in [0.05, 0.1) is 11.4 Å². The van der Waals surface area contributed by atoms with E-state index in [1.807, 2.05) is 13.8 Å². The number of aryl methyl sites for hydroxylation is 1. The van der Waals surface area contributed by atoms with Gasteiger partial charge in [0.2, 0.25) is 5.28 Å². The van der Waals surface area contributed by atoms with Gasteiger partial charge in [0.15, 0.2) is 0 Å². The molecule has 0 fully saturated rings. The molecule has 0 aliphatic heterocycles. The van der Waals surface area contributed by atoms with E-state index in [1.54, 1.807) is 16.7 Å². The first-order valence-corrected chi connectivity index (χ1v) is 4.95. The first-order chi connectivity index (χ1) is 7.09. The molecule has 0 spiro atoms. The molecule has 0 bridgehead atoms. The van der Waals surface area contributed by atoms with Crippen LogP contribution in [-0.4, -0.2) is 9.55 Å². The highest BCUT2D eigenvalue weighted by Crippen LogP contribution is 2.21. The van der Waals surface area contributed by atoms with Crippen molar-refractivity contribution in [3.8, 4) is 5.69 Å². The van der Waals surface area contributed by atoms with Crippen molar-refractivity contribution in [2.45, 2.75) is 13.8 Å². The van der Waals surface area contributed by atoms with Crippen LogP contribution in [0.1, 0.15) is 11.4 Å². The maximum absolute atomic E-state index is 13.0. The first-order valence-electron chi connectivity index (χ1n) is 4.57. The number of imidazole rings is 1. The topological polar surface area (TPSA) is 17.8 Å². The molecule has 2 nitrogen and oxygen atoms in total. The van der Waals surface area contributed by atoms with E-state index in [2.05, 4.69) is 4.98 Å². The normalized spacial score (nSPS) is 10.7. The quantitative estimate of drug-likeness (QED) is 0.727. The minimum atomic E-state index is -0.283. The summed E-state index contributed by atoms with van der Waals surface area (Å²) in [5.74, 6) is -0.283. The van der Waals surface area contributed by atoms with E-state index >= 15 is 0 Å². The number of nitrogens with zero attached hydrogens (tertiary/aromatic N) is 2. The molecule has 0 atom stereocenters. The highest BCUT2D eigenvalue weighted by molar-refractivity contribution is 6.28. The molecule has 1 aromatic carbocycles. The summed E-state index contributed by atoms with van der Waals surface area (Å²) in [6.45, 7) is 3.77. The molecule has 1 aromatic heterocycles. The number of halogens is 2. The van der Waals surface area contributed by atoms with Gasteiger partial charge < -0.3 is 0 Å². The third-order valence-electron chi connectivity index (χ3n) is 2.37. The monoisotopic (exact) mass is 224 g/mol. The lowest BCUT2D eigenvalue weighted by Crippen LogP contribution is -1.97. The molecule has 0 unspecified atom stereocenters. The molecule has 0 saturated heterocycles. The lowest BCUT2D eigenvalue weighted by molar-refractivity contribution is 0.626. The highest BCUT2D eigenvalue weighted by Gasteiger charge is 2.10. The molecule has 0 aliphatic rings. The van der Waals surface area contributed by atoms with Crippen LogP contribution in [0.5, 0.6) is 0 Å². The standard InChI is InChI=1S/C11H10ClFN2/c1-7-8(2)15(11(12)14-7)10-5-3-4-9(13)6-10/h3-6H,1-2H3. The second-order valence-electron chi connectivity index (χ2n) is 3.37. The van der Waals surface area contributed by atoms with Crippen molar-refractivity contribution in [3.05, 3.63) is 46.8 Å². The maximum atomic E-state index is 13.0. The minimum absolute atomic E-state index is 0.283. The Balaban J connectivity index is 2.63. The van der Waals surface area contributed by atoms with E-state index in [0.717, 1.165) is 11.4 Å². The third kappa shape index (κ3) is 1.75. The molecule has 0 N–H and O–H groups in total. The van der Waals surface area contributed by atoms with Gasteiger partial charge in [-0.1, -0.05) is 6.07 Å². The van der Waals surface area contributed by atoms with Crippen molar-refractivity contribution in [1.82, 2.24) is 9.55 Å². The molecule has 4 heteroatoms. The van der Waals surface area contributed by atoms with Crippen LogP contribution in [0, 0.1) is 19.7 Å². The Hall–Kier alpha value is -1.35. The predicted octanol–water partition coefficient (Wildman–Crippen LogP) is 3.28. The van der Waals surface area contributed by atoms with Crippen molar-refractivity contribution in [3.63, 3.8) is 0 Å². The number of hydrogen-bond donors (Lipinski definition) is 0. The average Bonchev–Trinajstić information content (AvgIpc) is 2.41. The van der Waals surface area contributed by atoms with Crippen LogP contribution < -0.4 is 0 Å². The Morgan fingerprint density at radius 2 is 2.07 bits per heavy atom. The Bertz CT molecular complexity index is 505. The molecule has 1 heterocycles. The van der Waals surface area contributed by atoms with Crippen molar-refractivity contribution < 1.29 is 4.39 Å². The van der Waals surface area contributed by atoms with Gasteiger partial charge >= 0.3 is 0 Å². The summed E-state index contributed by atoms with van der Waals surface area (Å²) in [7, 11) is 0. The zero-order valence-electron chi connectivity index (χ0n) is 8.46. The van der Waals surface area contributed by atoms with E-state index in [9.17, 15) is 4.39 Å². The summed E-state index contributed by atoms with van der Waals surface area (Å²) < 4.78 is 14.8. The van der Waals surface area contributed by atoms with Crippen molar-refractivity contribution in [1.29, 1.82) is 0 Å². The molecule has 78 valence electrons. The molecule has 0 saturated carbocycles. The van der Waals surface area contributed by atoms with E-state index in [-0.39, 0.29) is 5.82 Å². The number of hydrogen-bond acceptors (Lipinski definition) is 1. The Labute approximate surface area is 92.3 Å². The van der Waals surface area contributed by atoms with Gasteiger partial charge in [-0.3, -0.25) is 4.57 Å². The maximum Gasteiger partial charge on any atom is 0.207 e. The summed E-state index contributed by atoms with van der Waals surface area (Å²) in [6.07, 6.45) is 0. The fraction of sp³-hybridized carbons (Fsp3) is 0.182. The zero-order valence-corrected chi connectivity index (χ0v) is 9.22. The summed E-state index contributed by atoms with van der Waals surface area (Å²) in [6, 6.07) is 6.27. The number of aromatic nitrogens is 2. The van der Waals surface area contributed by atoms with Crippen LogP contribution in [0.25, 0.3) is 5.69 Å². The fourth-order valence-electron chi connectivity index (χ4n) is 1.48. The van der Waals surface area contributed by atoms with Crippen molar-refractivity contribution in [2.24, 2.45) is 0 Å². The van der Waals surface area contributed by atoms with Gasteiger partial charge in [-0.25, -0.2) is 9.37 Å². The largest absolute Gasteiger partial charge is 0.287 e. The molecular weight excluding hydrogens is 215 g/mol. The van der Waals surface area contributed by atoms with E-state index in [4.69, 9.17) is 11.6 Å². The first kappa shape index (κ1) is 10.2. The Kier molecular flexibility index (Phi) is 2.49. The van der Waals surface area contributed by atoms with Gasteiger partial charge in [0, 0.05) is 5.69 Å². The molecule has 15 heavy (non-hydrogen) atoms. The molecule has 0 amide bonds. The summed E-state index contributed by atoms with van der Waals surface area (Å²) >= 11 is 5.97. The van der Waals surface area contributed by atoms with E-state index in [0.29, 0.717) is 11.0 Å². The van der Waals surface area contributed by atoms with Crippen LogP contribution in [0.3, 0.4) is 0 Å². The highest BCUT2D eigenvalue weighted by atomic mass is 35.5.